The molecule has 1 aliphatic carbocycles. The minimum atomic E-state index is -0.573. The molecule has 0 N–H and O–H groups in total. The lowest BCUT2D eigenvalue weighted by Crippen LogP contribution is -2.26. The highest BCUT2D eigenvalue weighted by molar-refractivity contribution is 5.89. The summed E-state index contributed by atoms with van der Waals surface area (Å²) < 4.78 is 5.23. The molecule has 0 saturated heterocycles. The third kappa shape index (κ3) is 6.50. The highest BCUT2D eigenvalue weighted by Crippen LogP contribution is 2.41. The van der Waals surface area contributed by atoms with Crippen LogP contribution < -0.4 is 0 Å². The average molecular weight is 308 g/mol. The second-order valence-corrected chi connectivity index (χ2v) is 6.32. The molecular formula is C21H24O2. The number of hydrogen-bond donors (Lipinski definition) is 0. The summed E-state index contributed by atoms with van der Waals surface area (Å²) in [4.78, 5) is 11.6. The van der Waals surface area contributed by atoms with Gasteiger partial charge in [0.2, 0.25) is 0 Å². The number of allylic oxidation sites excluding steroid dienone is 3. The van der Waals surface area contributed by atoms with Crippen molar-refractivity contribution in [3.63, 3.8) is 0 Å². The lowest BCUT2D eigenvalue weighted by molar-refractivity contribution is -0.139. The summed E-state index contributed by atoms with van der Waals surface area (Å²) in [6, 6.07) is 0. The summed E-state index contributed by atoms with van der Waals surface area (Å²) in [7, 11) is 0. The maximum atomic E-state index is 11.6. The molecule has 0 aromatic heterocycles. The van der Waals surface area contributed by atoms with E-state index in [1.807, 2.05) is 13.0 Å². The Morgan fingerprint density at radius 2 is 2.04 bits per heavy atom. The van der Waals surface area contributed by atoms with Gasteiger partial charge in [-0.3, -0.25) is 0 Å². The van der Waals surface area contributed by atoms with Crippen LogP contribution in [0.25, 0.3) is 0 Å². The Labute approximate surface area is 140 Å². The van der Waals surface area contributed by atoms with Crippen molar-refractivity contribution in [2.24, 2.45) is 11.3 Å². The first-order chi connectivity index (χ1) is 10.9. The Morgan fingerprint density at radius 3 is 2.70 bits per heavy atom. The molecule has 0 aliphatic heterocycles. The van der Waals surface area contributed by atoms with Gasteiger partial charge in [0.15, 0.2) is 0 Å². The average Bonchev–Trinajstić information content (AvgIpc) is 2.45. The number of esters is 1. The first kappa shape index (κ1) is 18.7. The molecule has 23 heavy (non-hydrogen) atoms. The fourth-order valence-electron chi connectivity index (χ4n) is 2.70. The second-order valence-electron chi connectivity index (χ2n) is 6.32. The summed E-state index contributed by atoms with van der Waals surface area (Å²) in [5.41, 5.74) is 1.61. The standard InChI is InChI=1S/C21H24O2/c1-6-7-8-9-10-13-20(22)23-18(3)14-15-19-17(2)12-11-16-21(19,4)5/h12,14-15,18-19H,11,16H2,1-5H3/b15-14+. The normalized spacial score (nSPS) is 19.9. The van der Waals surface area contributed by atoms with Gasteiger partial charge >= 0.3 is 5.97 Å². The molecule has 0 radical (unpaired) electrons. The van der Waals surface area contributed by atoms with Crippen molar-refractivity contribution in [1.82, 2.24) is 0 Å². The zero-order chi connectivity index (χ0) is 17.3. The van der Waals surface area contributed by atoms with Crippen LogP contribution in [0.1, 0.15) is 47.5 Å². The largest absolute Gasteiger partial charge is 0.449 e. The molecule has 0 amide bonds. The van der Waals surface area contributed by atoms with Crippen molar-refractivity contribution in [1.29, 1.82) is 0 Å². The van der Waals surface area contributed by atoms with Gasteiger partial charge in [-0.15, -0.1) is 0 Å². The Balaban J connectivity index is 2.62. The first-order valence-electron chi connectivity index (χ1n) is 7.85. The topological polar surface area (TPSA) is 26.3 Å². The summed E-state index contributed by atoms with van der Waals surface area (Å²) >= 11 is 0. The molecule has 0 bridgehead atoms. The van der Waals surface area contributed by atoms with E-state index in [-0.39, 0.29) is 11.5 Å². The Morgan fingerprint density at radius 1 is 1.35 bits per heavy atom. The maximum absolute atomic E-state index is 11.6. The van der Waals surface area contributed by atoms with Gasteiger partial charge in [-0.25, -0.2) is 4.79 Å². The van der Waals surface area contributed by atoms with E-state index in [2.05, 4.69) is 68.4 Å². The van der Waals surface area contributed by atoms with Crippen LogP contribution >= 0.6 is 0 Å². The third-order valence-corrected chi connectivity index (χ3v) is 3.93. The highest BCUT2D eigenvalue weighted by Gasteiger charge is 2.30. The SMILES string of the molecule is CC#CC#CC#CC(=O)OC(C)/C=C/C1C(C)=CCCC1(C)C. The van der Waals surface area contributed by atoms with E-state index < -0.39 is 5.97 Å². The van der Waals surface area contributed by atoms with E-state index in [4.69, 9.17) is 4.74 Å². The fourth-order valence-corrected chi connectivity index (χ4v) is 2.70. The minimum Gasteiger partial charge on any atom is -0.449 e. The zero-order valence-corrected chi connectivity index (χ0v) is 14.6. The fraction of sp³-hybridized carbons (Fsp3) is 0.476. The van der Waals surface area contributed by atoms with E-state index in [1.165, 1.54) is 5.57 Å². The van der Waals surface area contributed by atoms with Crippen LogP contribution in [-0.2, 0) is 9.53 Å². The summed E-state index contributed by atoms with van der Waals surface area (Å²) in [5, 5.41) is 0. The summed E-state index contributed by atoms with van der Waals surface area (Å²) in [5.74, 6) is 14.7. The monoisotopic (exact) mass is 308 g/mol. The molecule has 1 aliphatic rings. The first-order valence-corrected chi connectivity index (χ1v) is 7.85. The number of hydrogen-bond acceptors (Lipinski definition) is 2. The van der Waals surface area contributed by atoms with Gasteiger partial charge in [-0.2, -0.15) is 0 Å². The van der Waals surface area contributed by atoms with Gasteiger partial charge in [0, 0.05) is 11.8 Å². The molecule has 2 unspecified atom stereocenters. The van der Waals surface area contributed by atoms with Crippen molar-refractivity contribution in [3.05, 3.63) is 23.8 Å². The molecule has 2 heteroatoms. The van der Waals surface area contributed by atoms with Gasteiger partial charge in [0.25, 0.3) is 0 Å². The van der Waals surface area contributed by atoms with E-state index in [1.54, 1.807) is 6.92 Å². The van der Waals surface area contributed by atoms with E-state index in [9.17, 15) is 4.79 Å². The number of carbonyl (C=O) groups excluding carboxylic acids is 1. The Bertz CT molecular complexity index is 673. The lowest BCUT2D eigenvalue weighted by Gasteiger charge is -2.36. The van der Waals surface area contributed by atoms with Crippen molar-refractivity contribution in [3.8, 4) is 35.5 Å². The number of carbonyl (C=O) groups is 1. The van der Waals surface area contributed by atoms with Gasteiger partial charge in [-0.05, 0) is 68.8 Å². The number of rotatable bonds is 3. The van der Waals surface area contributed by atoms with E-state index in [0.29, 0.717) is 5.92 Å². The van der Waals surface area contributed by atoms with Crippen LogP contribution in [0.15, 0.2) is 23.8 Å². The van der Waals surface area contributed by atoms with Crippen LogP contribution in [0, 0.1) is 46.9 Å². The van der Waals surface area contributed by atoms with E-state index in [0.717, 1.165) is 12.8 Å². The summed E-state index contributed by atoms with van der Waals surface area (Å²) in [6.07, 6.45) is 8.35. The molecule has 2 nitrogen and oxygen atoms in total. The lowest BCUT2D eigenvalue weighted by atomic mass is 9.68. The molecule has 0 spiro atoms. The van der Waals surface area contributed by atoms with Crippen molar-refractivity contribution in [2.45, 2.75) is 53.6 Å². The molecule has 0 aromatic rings. The maximum Gasteiger partial charge on any atom is 0.385 e. The van der Waals surface area contributed by atoms with Crippen LogP contribution in [0.5, 0.6) is 0 Å². The molecule has 0 fully saturated rings. The molecule has 1 rings (SSSR count). The zero-order valence-electron chi connectivity index (χ0n) is 14.6. The smallest absolute Gasteiger partial charge is 0.385 e. The quantitative estimate of drug-likeness (QED) is 0.342. The second kappa shape index (κ2) is 8.92. The van der Waals surface area contributed by atoms with Gasteiger partial charge in [0.05, 0.1) is 0 Å². The minimum absolute atomic E-state index is 0.231. The van der Waals surface area contributed by atoms with Crippen LogP contribution in [0.3, 0.4) is 0 Å². The van der Waals surface area contributed by atoms with Crippen molar-refractivity contribution < 1.29 is 9.53 Å². The van der Waals surface area contributed by atoms with Crippen molar-refractivity contribution >= 4 is 5.97 Å². The summed E-state index contributed by atoms with van der Waals surface area (Å²) in [6.45, 7) is 10.2. The van der Waals surface area contributed by atoms with Crippen LogP contribution in [-0.4, -0.2) is 12.1 Å². The molecule has 120 valence electrons. The molecular weight excluding hydrogens is 284 g/mol. The Hall–Kier alpha value is -2.37. The van der Waals surface area contributed by atoms with Crippen LogP contribution in [0.2, 0.25) is 0 Å². The molecule has 0 saturated carbocycles. The van der Waals surface area contributed by atoms with Gasteiger partial charge < -0.3 is 4.74 Å². The molecule has 0 heterocycles. The predicted octanol–water partition coefficient (Wildman–Crippen LogP) is 3.89. The van der Waals surface area contributed by atoms with Crippen LogP contribution in [0.4, 0.5) is 0 Å². The van der Waals surface area contributed by atoms with Gasteiger partial charge in [-0.1, -0.05) is 37.5 Å². The van der Waals surface area contributed by atoms with Crippen molar-refractivity contribution in [2.75, 3.05) is 0 Å². The molecule has 0 aromatic carbocycles. The molecule has 2 atom stereocenters. The third-order valence-electron chi connectivity index (χ3n) is 3.93. The Kier molecular flexibility index (Phi) is 7.25. The predicted molar refractivity (Wildman–Crippen MR) is 94.0 cm³/mol. The highest BCUT2D eigenvalue weighted by atomic mass is 16.5. The van der Waals surface area contributed by atoms with E-state index >= 15 is 0 Å². The van der Waals surface area contributed by atoms with Gasteiger partial charge in [0.1, 0.15) is 6.10 Å². The number of ether oxygens (including phenoxy) is 1.